The third-order valence-corrected chi connectivity index (χ3v) is 5.02. The number of halogens is 1. The van der Waals surface area contributed by atoms with E-state index in [0.29, 0.717) is 12.5 Å². The maximum absolute atomic E-state index is 4.64. The first-order valence-electron chi connectivity index (χ1n) is 8.61. The van der Waals surface area contributed by atoms with Crippen LogP contribution < -0.4 is 10.6 Å². The molecule has 0 saturated heterocycles. The normalized spacial score (nSPS) is 11.6. The van der Waals surface area contributed by atoms with Crippen molar-refractivity contribution >= 4 is 52.2 Å². The van der Waals surface area contributed by atoms with Crippen LogP contribution in [0, 0.1) is 0 Å². The van der Waals surface area contributed by atoms with Crippen molar-refractivity contribution in [3.63, 3.8) is 0 Å². The third-order valence-electron chi connectivity index (χ3n) is 4.15. The van der Waals surface area contributed by atoms with Crippen LogP contribution in [0.3, 0.4) is 0 Å². The van der Waals surface area contributed by atoms with Gasteiger partial charge in [-0.15, -0.1) is 35.3 Å². The van der Waals surface area contributed by atoms with Crippen LogP contribution in [-0.4, -0.2) is 29.5 Å². The first-order chi connectivity index (χ1) is 12.2. The predicted molar refractivity (Wildman–Crippen MR) is 122 cm³/mol. The van der Waals surface area contributed by atoms with E-state index in [-0.39, 0.29) is 24.0 Å². The van der Waals surface area contributed by atoms with Crippen LogP contribution in [0.5, 0.6) is 0 Å². The summed E-state index contributed by atoms with van der Waals surface area (Å²) in [6.07, 6.45) is 3.03. The summed E-state index contributed by atoms with van der Waals surface area (Å²) in [5.74, 6) is 1.28. The molecule has 3 aromatic rings. The van der Waals surface area contributed by atoms with Gasteiger partial charge >= 0.3 is 0 Å². The van der Waals surface area contributed by atoms with Gasteiger partial charge in [-0.1, -0.05) is 32.0 Å². The van der Waals surface area contributed by atoms with Gasteiger partial charge in [0.25, 0.3) is 0 Å². The van der Waals surface area contributed by atoms with E-state index in [0.717, 1.165) is 29.6 Å². The van der Waals surface area contributed by atoms with Crippen LogP contribution in [0.1, 0.15) is 36.0 Å². The summed E-state index contributed by atoms with van der Waals surface area (Å²) in [6.45, 7) is 5.86. The topological polar surface area (TPSA) is 65.1 Å². The van der Waals surface area contributed by atoms with E-state index >= 15 is 0 Å². The van der Waals surface area contributed by atoms with Crippen LogP contribution in [-0.2, 0) is 13.0 Å². The van der Waals surface area contributed by atoms with Crippen molar-refractivity contribution in [1.29, 1.82) is 0 Å². The van der Waals surface area contributed by atoms with E-state index in [4.69, 9.17) is 0 Å². The van der Waals surface area contributed by atoms with Gasteiger partial charge in [0.15, 0.2) is 5.96 Å². The molecule has 5 nitrogen and oxygen atoms in total. The van der Waals surface area contributed by atoms with Gasteiger partial charge in [0.05, 0.1) is 12.2 Å². The average Bonchev–Trinajstić information content (AvgIpc) is 3.25. The molecular formula is C19H26IN5S. The number of hydrogen-bond acceptors (Lipinski definition) is 3. The molecule has 0 aliphatic rings. The summed E-state index contributed by atoms with van der Waals surface area (Å²) in [5.41, 5.74) is 3.66. The molecule has 0 saturated carbocycles. The van der Waals surface area contributed by atoms with Crippen LogP contribution in [0.4, 0.5) is 0 Å². The molecule has 3 N–H and O–H groups in total. The third kappa shape index (κ3) is 5.20. The summed E-state index contributed by atoms with van der Waals surface area (Å²) in [5, 5.41) is 11.2. The van der Waals surface area contributed by atoms with Crippen LogP contribution in [0.25, 0.3) is 10.9 Å². The second-order valence-corrected chi connectivity index (χ2v) is 7.23. The zero-order valence-electron chi connectivity index (χ0n) is 15.4. The number of hydrogen-bond donors (Lipinski definition) is 3. The van der Waals surface area contributed by atoms with E-state index in [2.05, 4.69) is 75.3 Å². The van der Waals surface area contributed by atoms with Gasteiger partial charge in [-0.2, -0.15) is 0 Å². The Balaban J connectivity index is 0.00000243. The number of benzene rings is 1. The molecule has 7 heteroatoms. The number of thiazole rings is 1. The minimum absolute atomic E-state index is 0. The van der Waals surface area contributed by atoms with Gasteiger partial charge in [0.2, 0.25) is 0 Å². The lowest BCUT2D eigenvalue weighted by Gasteiger charge is -2.10. The Morgan fingerprint density at radius 2 is 2.08 bits per heavy atom. The molecule has 0 aliphatic heterocycles. The zero-order valence-corrected chi connectivity index (χ0v) is 18.5. The van der Waals surface area contributed by atoms with Gasteiger partial charge in [-0.25, -0.2) is 4.98 Å². The highest BCUT2D eigenvalue weighted by atomic mass is 127. The van der Waals surface area contributed by atoms with Gasteiger partial charge < -0.3 is 15.6 Å². The number of guanidine groups is 1. The Morgan fingerprint density at radius 3 is 2.81 bits per heavy atom. The molecule has 140 valence electrons. The largest absolute Gasteiger partial charge is 0.361 e. The van der Waals surface area contributed by atoms with Crippen molar-refractivity contribution < 1.29 is 0 Å². The van der Waals surface area contributed by atoms with E-state index in [1.165, 1.54) is 16.5 Å². The van der Waals surface area contributed by atoms with Crippen LogP contribution >= 0.6 is 35.3 Å². The van der Waals surface area contributed by atoms with E-state index in [1.807, 2.05) is 0 Å². The predicted octanol–water partition coefficient (Wildman–Crippen LogP) is 4.27. The van der Waals surface area contributed by atoms with Crippen molar-refractivity contribution in [2.24, 2.45) is 4.99 Å². The average molecular weight is 483 g/mol. The number of H-pyrrole nitrogens is 1. The SMILES string of the molecule is CN=C(NCCc1c[nH]c2ccccc12)NCc1nc(C(C)C)cs1.I. The van der Waals surface area contributed by atoms with E-state index in [1.54, 1.807) is 18.4 Å². The number of nitrogens with one attached hydrogen (secondary N) is 3. The quantitative estimate of drug-likeness (QED) is 0.279. The molecule has 0 spiro atoms. The van der Waals surface area contributed by atoms with Crippen molar-refractivity contribution in [2.75, 3.05) is 13.6 Å². The van der Waals surface area contributed by atoms with Gasteiger partial charge in [0, 0.05) is 36.1 Å². The number of nitrogens with zero attached hydrogens (tertiary/aromatic N) is 2. The number of fused-ring (bicyclic) bond motifs is 1. The fourth-order valence-corrected chi connectivity index (χ4v) is 3.60. The molecule has 0 aliphatic carbocycles. The molecule has 0 bridgehead atoms. The van der Waals surface area contributed by atoms with Gasteiger partial charge in [-0.05, 0) is 24.0 Å². The zero-order chi connectivity index (χ0) is 17.6. The Bertz CT molecular complexity index is 852. The van der Waals surface area contributed by atoms with Crippen molar-refractivity contribution in [3.8, 4) is 0 Å². The first kappa shape index (κ1) is 20.7. The van der Waals surface area contributed by atoms with Crippen LogP contribution in [0.15, 0.2) is 40.8 Å². The lowest BCUT2D eigenvalue weighted by Crippen LogP contribution is -2.37. The highest BCUT2D eigenvalue weighted by Crippen LogP contribution is 2.18. The number of aliphatic imine (C=N–C) groups is 1. The minimum Gasteiger partial charge on any atom is -0.361 e. The molecular weight excluding hydrogens is 457 g/mol. The molecule has 0 unspecified atom stereocenters. The second-order valence-electron chi connectivity index (χ2n) is 6.28. The summed E-state index contributed by atoms with van der Waals surface area (Å²) in [4.78, 5) is 12.2. The number of para-hydroxylation sites is 1. The Morgan fingerprint density at radius 1 is 1.27 bits per heavy atom. The number of rotatable bonds is 6. The van der Waals surface area contributed by atoms with Crippen molar-refractivity contribution in [3.05, 3.63) is 52.1 Å². The highest BCUT2D eigenvalue weighted by molar-refractivity contribution is 14.0. The Kier molecular flexibility index (Phi) is 7.89. The molecule has 0 atom stereocenters. The Hall–Kier alpha value is -1.61. The number of aromatic amines is 1. The fraction of sp³-hybridized carbons (Fsp3) is 0.368. The first-order valence-corrected chi connectivity index (χ1v) is 9.49. The minimum atomic E-state index is 0. The molecule has 2 heterocycles. The summed E-state index contributed by atoms with van der Waals surface area (Å²) in [7, 11) is 1.79. The molecule has 3 rings (SSSR count). The van der Waals surface area contributed by atoms with E-state index < -0.39 is 0 Å². The van der Waals surface area contributed by atoms with Gasteiger partial charge in [0.1, 0.15) is 5.01 Å². The monoisotopic (exact) mass is 483 g/mol. The van der Waals surface area contributed by atoms with Gasteiger partial charge in [-0.3, -0.25) is 4.99 Å². The molecule has 2 aromatic heterocycles. The second kappa shape index (κ2) is 9.91. The maximum Gasteiger partial charge on any atom is 0.191 e. The summed E-state index contributed by atoms with van der Waals surface area (Å²) >= 11 is 1.69. The fourth-order valence-electron chi connectivity index (χ4n) is 2.71. The summed E-state index contributed by atoms with van der Waals surface area (Å²) in [6, 6.07) is 8.39. The molecule has 0 fully saturated rings. The van der Waals surface area contributed by atoms with E-state index in [9.17, 15) is 0 Å². The van der Waals surface area contributed by atoms with Crippen LogP contribution in [0.2, 0.25) is 0 Å². The van der Waals surface area contributed by atoms with Crippen molar-refractivity contribution in [1.82, 2.24) is 20.6 Å². The Labute approximate surface area is 175 Å². The summed E-state index contributed by atoms with van der Waals surface area (Å²) < 4.78 is 0. The molecule has 0 amide bonds. The maximum atomic E-state index is 4.64. The lowest BCUT2D eigenvalue weighted by atomic mass is 10.1. The molecule has 0 radical (unpaired) electrons. The molecule has 26 heavy (non-hydrogen) atoms. The lowest BCUT2D eigenvalue weighted by molar-refractivity contribution is 0.779. The van der Waals surface area contributed by atoms with Crippen molar-refractivity contribution in [2.45, 2.75) is 32.7 Å². The standard InChI is InChI=1S/C19H25N5S.HI/c1-13(2)17-12-25-18(24-17)11-23-19(20-3)21-9-8-14-10-22-16-7-5-4-6-15(14)16;/h4-7,10,12-13,22H,8-9,11H2,1-3H3,(H2,20,21,23);1H. The highest BCUT2D eigenvalue weighted by Gasteiger charge is 2.07. The smallest absolute Gasteiger partial charge is 0.191 e. The number of aromatic nitrogens is 2. The molecule has 1 aromatic carbocycles.